The predicted octanol–water partition coefficient (Wildman–Crippen LogP) is 3.48. The Hall–Kier alpha value is -0.930. The number of rotatable bonds is 4. The summed E-state index contributed by atoms with van der Waals surface area (Å²) < 4.78 is 13.2. The Bertz CT molecular complexity index is 448. The summed E-state index contributed by atoms with van der Waals surface area (Å²) >= 11 is 0. The molecule has 3 atom stereocenters. The predicted molar refractivity (Wildman–Crippen MR) is 79.9 cm³/mol. The molecule has 2 aliphatic rings. The first kappa shape index (κ1) is 14.0. The first-order valence-corrected chi connectivity index (χ1v) is 7.99. The van der Waals surface area contributed by atoms with Crippen molar-refractivity contribution in [3.8, 4) is 0 Å². The number of fused-ring (bicyclic) bond motifs is 1. The van der Waals surface area contributed by atoms with Crippen LogP contribution in [0.15, 0.2) is 24.3 Å². The molecule has 0 bridgehead atoms. The lowest BCUT2D eigenvalue weighted by molar-refractivity contribution is 0.109. The molecule has 2 nitrogen and oxygen atoms in total. The third kappa shape index (κ3) is 3.04. The monoisotopic (exact) mass is 276 g/mol. The molecular weight excluding hydrogens is 251 g/mol. The van der Waals surface area contributed by atoms with Crippen LogP contribution in [-0.4, -0.2) is 24.0 Å². The van der Waals surface area contributed by atoms with Crippen molar-refractivity contribution in [2.75, 3.05) is 13.1 Å². The van der Waals surface area contributed by atoms with Gasteiger partial charge in [-0.15, -0.1) is 0 Å². The van der Waals surface area contributed by atoms with Gasteiger partial charge in [0.25, 0.3) is 0 Å². The van der Waals surface area contributed by atoms with Crippen molar-refractivity contribution in [3.63, 3.8) is 0 Å². The molecule has 0 radical (unpaired) electrons. The second-order valence-corrected chi connectivity index (χ2v) is 6.39. The number of likely N-dealkylation sites (tertiary alicyclic amines) is 1. The molecule has 0 amide bonds. The van der Waals surface area contributed by atoms with Crippen LogP contribution in [0.25, 0.3) is 0 Å². The number of hydrogen-bond donors (Lipinski definition) is 1. The van der Waals surface area contributed by atoms with E-state index in [9.17, 15) is 4.39 Å². The average Bonchev–Trinajstić information content (AvgIpc) is 2.93. The molecule has 1 heterocycles. The Morgan fingerprint density at radius 1 is 1.25 bits per heavy atom. The number of nitrogens with two attached hydrogens (primary N) is 1. The van der Waals surface area contributed by atoms with Gasteiger partial charge in [0.05, 0.1) is 0 Å². The van der Waals surface area contributed by atoms with Gasteiger partial charge in [-0.25, -0.2) is 4.39 Å². The quantitative estimate of drug-likeness (QED) is 0.912. The maximum atomic E-state index is 13.2. The van der Waals surface area contributed by atoms with Crippen LogP contribution in [0.2, 0.25) is 0 Å². The fraction of sp³-hybridized carbons (Fsp3) is 0.647. The zero-order valence-corrected chi connectivity index (χ0v) is 12.1. The first-order chi connectivity index (χ1) is 9.74. The third-order valence-corrected chi connectivity index (χ3v) is 5.11. The molecule has 0 spiro atoms. The van der Waals surface area contributed by atoms with Crippen LogP contribution in [0.4, 0.5) is 4.39 Å². The lowest BCUT2D eigenvalue weighted by Crippen LogP contribution is -2.43. The van der Waals surface area contributed by atoms with Crippen molar-refractivity contribution < 1.29 is 4.39 Å². The standard InChI is InChI=1S/C17H25FN2/c18-15-7-1-5-14(12-15)16(19)9-11-20-10-3-6-13-4-2-8-17(13)20/h1,5,7,12-13,16-17H,2-4,6,8-11,19H2. The SMILES string of the molecule is NC(CCN1CCCC2CCCC21)c1cccc(F)c1. The highest BCUT2D eigenvalue weighted by Gasteiger charge is 2.34. The van der Waals surface area contributed by atoms with E-state index in [1.165, 1.54) is 44.7 Å². The molecule has 3 rings (SSSR count). The van der Waals surface area contributed by atoms with E-state index in [2.05, 4.69) is 4.90 Å². The van der Waals surface area contributed by atoms with Gasteiger partial charge >= 0.3 is 0 Å². The van der Waals surface area contributed by atoms with E-state index in [0.29, 0.717) is 0 Å². The average molecular weight is 276 g/mol. The van der Waals surface area contributed by atoms with Crippen molar-refractivity contribution in [1.82, 2.24) is 4.90 Å². The molecule has 1 aromatic carbocycles. The Morgan fingerprint density at radius 3 is 2.95 bits per heavy atom. The minimum atomic E-state index is -0.188. The van der Waals surface area contributed by atoms with Gasteiger partial charge in [0, 0.05) is 18.6 Å². The van der Waals surface area contributed by atoms with Crippen LogP contribution in [-0.2, 0) is 0 Å². The summed E-state index contributed by atoms with van der Waals surface area (Å²) in [7, 11) is 0. The fourth-order valence-corrected chi connectivity index (χ4v) is 4.04. The minimum absolute atomic E-state index is 0.0486. The van der Waals surface area contributed by atoms with Crippen LogP contribution < -0.4 is 5.73 Å². The number of benzene rings is 1. The Morgan fingerprint density at radius 2 is 2.10 bits per heavy atom. The van der Waals surface area contributed by atoms with E-state index in [0.717, 1.165) is 30.5 Å². The topological polar surface area (TPSA) is 29.3 Å². The molecule has 3 heteroatoms. The zero-order valence-electron chi connectivity index (χ0n) is 12.1. The Kier molecular flexibility index (Phi) is 4.37. The van der Waals surface area contributed by atoms with E-state index in [1.54, 1.807) is 12.1 Å². The first-order valence-electron chi connectivity index (χ1n) is 7.99. The van der Waals surface area contributed by atoms with Crippen LogP contribution in [0.3, 0.4) is 0 Å². The molecule has 1 aliphatic carbocycles. The molecule has 1 saturated heterocycles. The van der Waals surface area contributed by atoms with Gasteiger partial charge in [-0.05, 0) is 62.3 Å². The van der Waals surface area contributed by atoms with Gasteiger partial charge in [0.15, 0.2) is 0 Å². The van der Waals surface area contributed by atoms with Crippen LogP contribution >= 0.6 is 0 Å². The summed E-state index contributed by atoms with van der Waals surface area (Å²) in [6, 6.07) is 7.47. The molecule has 0 aromatic heterocycles. The molecule has 1 aromatic rings. The largest absolute Gasteiger partial charge is 0.324 e. The van der Waals surface area contributed by atoms with Crippen LogP contribution in [0, 0.1) is 11.7 Å². The number of halogens is 1. The summed E-state index contributed by atoms with van der Waals surface area (Å²) in [6.45, 7) is 2.27. The summed E-state index contributed by atoms with van der Waals surface area (Å²) in [4.78, 5) is 2.64. The number of piperidine rings is 1. The third-order valence-electron chi connectivity index (χ3n) is 5.11. The van der Waals surface area contributed by atoms with E-state index < -0.39 is 0 Å². The molecular formula is C17H25FN2. The highest BCUT2D eigenvalue weighted by atomic mass is 19.1. The van der Waals surface area contributed by atoms with Crippen molar-refractivity contribution in [2.45, 2.75) is 50.6 Å². The van der Waals surface area contributed by atoms with Crippen molar-refractivity contribution in [2.24, 2.45) is 11.7 Å². The van der Waals surface area contributed by atoms with Gasteiger partial charge in [-0.1, -0.05) is 18.6 Å². The summed E-state index contributed by atoms with van der Waals surface area (Å²) in [6.07, 6.45) is 7.83. The van der Waals surface area contributed by atoms with Gasteiger partial charge in [0.1, 0.15) is 5.82 Å². The second kappa shape index (κ2) is 6.23. The fourth-order valence-electron chi connectivity index (χ4n) is 4.04. The van der Waals surface area contributed by atoms with Crippen molar-refractivity contribution in [1.29, 1.82) is 0 Å². The summed E-state index contributed by atoms with van der Waals surface area (Å²) in [5.41, 5.74) is 7.15. The van der Waals surface area contributed by atoms with Crippen LogP contribution in [0.1, 0.15) is 50.1 Å². The number of nitrogens with zero attached hydrogens (tertiary/aromatic N) is 1. The normalized spacial score (nSPS) is 28.3. The highest BCUT2D eigenvalue weighted by Crippen LogP contribution is 2.37. The van der Waals surface area contributed by atoms with Gasteiger partial charge in [-0.2, -0.15) is 0 Å². The van der Waals surface area contributed by atoms with Gasteiger partial charge in [0.2, 0.25) is 0 Å². The number of hydrogen-bond acceptors (Lipinski definition) is 2. The smallest absolute Gasteiger partial charge is 0.123 e. The van der Waals surface area contributed by atoms with Gasteiger partial charge < -0.3 is 10.6 Å². The van der Waals surface area contributed by atoms with Crippen molar-refractivity contribution in [3.05, 3.63) is 35.6 Å². The minimum Gasteiger partial charge on any atom is -0.324 e. The Labute approximate surface area is 121 Å². The molecule has 20 heavy (non-hydrogen) atoms. The summed E-state index contributed by atoms with van der Waals surface area (Å²) in [5.74, 6) is 0.737. The molecule has 3 unspecified atom stereocenters. The van der Waals surface area contributed by atoms with Crippen molar-refractivity contribution >= 4 is 0 Å². The maximum absolute atomic E-state index is 13.2. The van der Waals surface area contributed by atoms with E-state index in [4.69, 9.17) is 5.73 Å². The van der Waals surface area contributed by atoms with Gasteiger partial charge in [-0.3, -0.25) is 0 Å². The lowest BCUT2D eigenvalue weighted by atomic mass is 9.91. The van der Waals surface area contributed by atoms with E-state index in [-0.39, 0.29) is 11.9 Å². The van der Waals surface area contributed by atoms with E-state index >= 15 is 0 Å². The summed E-state index contributed by atoms with van der Waals surface area (Å²) in [5, 5.41) is 0. The van der Waals surface area contributed by atoms with E-state index in [1.807, 2.05) is 6.07 Å². The Balaban J connectivity index is 1.56. The van der Waals surface area contributed by atoms with Crippen LogP contribution in [0.5, 0.6) is 0 Å². The molecule has 110 valence electrons. The molecule has 2 fully saturated rings. The molecule has 2 N–H and O–H groups in total. The maximum Gasteiger partial charge on any atom is 0.123 e. The highest BCUT2D eigenvalue weighted by molar-refractivity contribution is 5.19. The zero-order chi connectivity index (χ0) is 13.9. The molecule has 1 saturated carbocycles. The lowest BCUT2D eigenvalue weighted by Gasteiger charge is -2.38. The second-order valence-electron chi connectivity index (χ2n) is 6.39. The molecule has 1 aliphatic heterocycles.